The highest BCUT2D eigenvalue weighted by molar-refractivity contribution is 6.04. The van der Waals surface area contributed by atoms with Gasteiger partial charge >= 0.3 is 0 Å². The van der Waals surface area contributed by atoms with Crippen molar-refractivity contribution >= 4 is 11.6 Å². The largest absolute Gasteiger partial charge is 0.322 e. The van der Waals surface area contributed by atoms with Gasteiger partial charge in [-0.25, -0.2) is 0 Å². The van der Waals surface area contributed by atoms with Gasteiger partial charge in [-0.2, -0.15) is 0 Å². The van der Waals surface area contributed by atoms with Crippen LogP contribution in [0.15, 0.2) is 48.5 Å². The molecule has 0 aliphatic carbocycles. The van der Waals surface area contributed by atoms with Gasteiger partial charge in [0, 0.05) is 24.3 Å². The SMILES string of the molecule is O=C(Nc1ccc(CCN2CCCC2)cc1)c1cccc(CN2CCCC2)c1. The highest BCUT2D eigenvalue weighted by Crippen LogP contribution is 2.16. The minimum atomic E-state index is -0.0342. The van der Waals surface area contributed by atoms with Crippen LogP contribution in [-0.4, -0.2) is 48.4 Å². The third kappa shape index (κ3) is 5.21. The van der Waals surface area contributed by atoms with E-state index in [9.17, 15) is 4.79 Å². The first-order chi connectivity index (χ1) is 13.8. The van der Waals surface area contributed by atoms with Crippen molar-refractivity contribution in [3.05, 3.63) is 65.2 Å². The molecule has 0 spiro atoms. The van der Waals surface area contributed by atoms with Crippen molar-refractivity contribution in [3.8, 4) is 0 Å². The van der Waals surface area contributed by atoms with Gasteiger partial charge in [0.2, 0.25) is 0 Å². The summed E-state index contributed by atoms with van der Waals surface area (Å²) in [6.07, 6.45) is 6.32. The van der Waals surface area contributed by atoms with Gasteiger partial charge < -0.3 is 10.2 Å². The predicted molar refractivity (Wildman–Crippen MR) is 115 cm³/mol. The monoisotopic (exact) mass is 377 g/mol. The lowest BCUT2D eigenvalue weighted by molar-refractivity contribution is 0.102. The normalized spacial score (nSPS) is 17.9. The van der Waals surface area contributed by atoms with E-state index in [-0.39, 0.29) is 5.91 Å². The molecule has 2 aliphatic heterocycles. The highest BCUT2D eigenvalue weighted by atomic mass is 16.1. The summed E-state index contributed by atoms with van der Waals surface area (Å²) in [6.45, 7) is 6.89. The van der Waals surface area contributed by atoms with Crippen LogP contribution in [0, 0.1) is 0 Å². The van der Waals surface area contributed by atoms with Crippen LogP contribution in [0.4, 0.5) is 5.69 Å². The Balaban J connectivity index is 1.31. The fourth-order valence-corrected chi connectivity index (χ4v) is 4.26. The Morgan fingerprint density at radius 2 is 1.50 bits per heavy atom. The zero-order valence-electron chi connectivity index (χ0n) is 16.7. The van der Waals surface area contributed by atoms with Crippen molar-refractivity contribution in [2.75, 3.05) is 38.0 Å². The van der Waals surface area contributed by atoms with Crippen molar-refractivity contribution in [2.45, 2.75) is 38.6 Å². The molecule has 1 N–H and O–H groups in total. The third-order valence-corrected chi connectivity index (χ3v) is 5.92. The molecule has 1 amide bonds. The number of benzene rings is 2. The maximum absolute atomic E-state index is 12.7. The molecule has 2 heterocycles. The number of carbonyl (C=O) groups excluding carboxylic acids is 1. The standard InChI is InChI=1S/C24H31N3O/c28-24(22-7-5-6-21(18-22)19-27-15-3-4-16-27)25-23-10-8-20(9-11-23)12-17-26-13-1-2-14-26/h5-11,18H,1-4,12-17,19H2,(H,25,28). The van der Waals surface area contributed by atoms with E-state index < -0.39 is 0 Å². The summed E-state index contributed by atoms with van der Waals surface area (Å²) in [4.78, 5) is 17.6. The topological polar surface area (TPSA) is 35.6 Å². The zero-order chi connectivity index (χ0) is 19.2. The minimum Gasteiger partial charge on any atom is -0.322 e. The van der Waals surface area contributed by atoms with Crippen LogP contribution in [0.3, 0.4) is 0 Å². The van der Waals surface area contributed by atoms with Gasteiger partial charge in [0.15, 0.2) is 0 Å². The quantitative estimate of drug-likeness (QED) is 0.786. The number of hydrogen-bond donors (Lipinski definition) is 1. The molecular weight excluding hydrogens is 346 g/mol. The van der Waals surface area contributed by atoms with E-state index in [0.717, 1.165) is 30.8 Å². The molecule has 2 aromatic carbocycles. The molecular formula is C24H31N3O. The van der Waals surface area contributed by atoms with Crippen LogP contribution in [0.25, 0.3) is 0 Å². The van der Waals surface area contributed by atoms with E-state index in [4.69, 9.17) is 0 Å². The molecule has 4 heteroatoms. The lowest BCUT2D eigenvalue weighted by Gasteiger charge is -2.15. The second-order valence-corrected chi connectivity index (χ2v) is 8.13. The first-order valence-corrected chi connectivity index (χ1v) is 10.7. The van der Waals surface area contributed by atoms with Gasteiger partial charge in [0.1, 0.15) is 0 Å². The molecule has 4 nitrogen and oxygen atoms in total. The fraction of sp³-hybridized carbons (Fsp3) is 0.458. The molecule has 0 bridgehead atoms. The molecule has 2 aliphatic rings. The summed E-state index contributed by atoms with van der Waals surface area (Å²) in [6, 6.07) is 16.3. The molecule has 0 saturated carbocycles. The number of carbonyl (C=O) groups is 1. The van der Waals surface area contributed by atoms with E-state index in [1.54, 1.807) is 0 Å². The van der Waals surface area contributed by atoms with Crippen molar-refractivity contribution in [1.82, 2.24) is 9.80 Å². The Bertz CT molecular complexity index is 775. The van der Waals surface area contributed by atoms with E-state index in [1.165, 1.54) is 63.0 Å². The molecule has 0 radical (unpaired) electrons. The van der Waals surface area contributed by atoms with Crippen LogP contribution in [0.5, 0.6) is 0 Å². The highest BCUT2D eigenvalue weighted by Gasteiger charge is 2.13. The lowest BCUT2D eigenvalue weighted by atomic mass is 10.1. The average molecular weight is 378 g/mol. The van der Waals surface area contributed by atoms with Gasteiger partial charge in [-0.1, -0.05) is 24.3 Å². The smallest absolute Gasteiger partial charge is 0.255 e. The van der Waals surface area contributed by atoms with Crippen molar-refractivity contribution in [3.63, 3.8) is 0 Å². The van der Waals surface area contributed by atoms with Crippen LogP contribution in [0.2, 0.25) is 0 Å². The Labute approximate surface area is 168 Å². The van der Waals surface area contributed by atoms with Gasteiger partial charge in [-0.05, 0) is 93.7 Å². The predicted octanol–water partition coefficient (Wildman–Crippen LogP) is 4.17. The molecule has 148 valence electrons. The molecule has 0 atom stereocenters. The number of nitrogens with one attached hydrogen (secondary N) is 1. The van der Waals surface area contributed by atoms with E-state index in [0.29, 0.717) is 0 Å². The molecule has 28 heavy (non-hydrogen) atoms. The summed E-state index contributed by atoms with van der Waals surface area (Å²) in [5.74, 6) is -0.0342. The van der Waals surface area contributed by atoms with E-state index >= 15 is 0 Å². The maximum Gasteiger partial charge on any atom is 0.255 e. The Kier molecular flexibility index (Phi) is 6.40. The van der Waals surface area contributed by atoms with Crippen LogP contribution in [-0.2, 0) is 13.0 Å². The summed E-state index contributed by atoms with van der Waals surface area (Å²) in [7, 11) is 0. The van der Waals surface area contributed by atoms with Gasteiger partial charge in [-0.15, -0.1) is 0 Å². The Hall–Kier alpha value is -2.17. The summed E-state index contributed by atoms with van der Waals surface area (Å²) in [5.41, 5.74) is 4.14. The fourth-order valence-electron chi connectivity index (χ4n) is 4.26. The molecule has 0 unspecified atom stereocenters. The van der Waals surface area contributed by atoms with E-state index in [2.05, 4.69) is 33.3 Å². The second-order valence-electron chi connectivity index (χ2n) is 8.13. The average Bonchev–Trinajstić information content (AvgIpc) is 3.42. The first-order valence-electron chi connectivity index (χ1n) is 10.7. The zero-order valence-corrected chi connectivity index (χ0v) is 16.7. The molecule has 2 fully saturated rings. The van der Waals surface area contributed by atoms with Crippen molar-refractivity contribution in [2.24, 2.45) is 0 Å². The van der Waals surface area contributed by atoms with Crippen LogP contribution in [0.1, 0.15) is 47.2 Å². The van der Waals surface area contributed by atoms with E-state index in [1.807, 2.05) is 30.3 Å². The Morgan fingerprint density at radius 3 is 2.21 bits per heavy atom. The number of hydrogen-bond acceptors (Lipinski definition) is 3. The summed E-state index contributed by atoms with van der Waals surface area (Å²) in [5, 5.41) is 3.04. The maximum atomic E-state index is 12.7. The van der Waals surface area contributed by atoms with Crippen LogP contribution >= 0.6 is 0 Å². The number of rotatable bonds is 7. The second kappa shape index (κ2) is 9.35. The number of likely N-dealkylation sites (tertiary alicyclic amines) is 2. The molecule has 4 rings (SSSR count). The summed E-state index contributed by atoms with van der Waals surface area (Å²) >= 11 is 0. The van der Waals surface area contributed by atoms with Gasteiger partial charge in [0.05, 0.1) is 0 Å². The van der Waals surface area contributed by atoms with Gasteiger partial charge in [0.25, 0.3) is 5.91 Å². The molecule has 0 aromatic heterocycles. The van der Waals surface area contributed by atoms with Crippen molar-refractivity contribution in [1.29, 1.82) is 0 Å². The van der Waals surface area contributed by atoms with Gasteiger partial charge in [-0.3, -0.25) is 9.69 Å². The van der Waals surface area contributed by atoms with Crippen molar-refractivity contribution < 1.29 is 4.79 Å². The lowest BCUT2D eigenvalue weighted by Crippen LogP contribution is -2.21. The summed E-state index contributed by atoms with van der Waals surface area (Å²) < 4.78 is 0. The first kappa shape index (κ1) is 19.2. The third-order valence-electron chi connectivity index (χ3n) is 5.92. The minimum absolute atomic E-state index is 0.0342. The molecule has 2 aromatic rings. The number of amides is 1. The Morgan fingerprint density at radius 1 is 0.821 bits per heavy atom. The van der Waals surface area contributed by atoms with Crippen LogP contribution < -0.4 is 5.32 Å². The number of nitrogens with zero attached hydrogens (tertiary/aromatic N) is 2. The molecule has 2 saturated heterocycles. The number of anilines is 1.